The van der Waals surface area contributed by atoms with Crippen molar-refractivity contribution < 1.29 is 13.2 Å². The summed E-state index contributed by atoms with van der Waals surface area (Å²) in [5, 5.41) is 3.07. The van der Waals surface area contributed by atoms with Crippen LogP contribution < -0.4 is 5.32 Å². The minimum absolute atomic E-state index is 0.106. The number of carbonyl (C=O) groups excluding carboxylic acids is 1. The van der Waals surface area contributed by atoms with Crippen LogP contribution in [0, 0.1) is 0 Å². The van der Waals surface area contributed by atoms with E-state index in [-0.39, 0.29) is 17.7 Å². The molecular formula is C24H23N3O3S. The molecular weight excluding hydrogens is 410 g/mol. The van der Waals surface area contributed by atoms with E-state index in [4.69, 9.17) is 0 Å². The number of amides is 1. The second-order valence-electron chi connectivity index (χ2n) is 7.63. The monoisotopic (exact) mass is 433 g/mol. The van der Waals surface area contributed by atoms with Gasteiger partial charge in [-0.3, -0.25) is 4.79 Å². The van der Waals surface area contributed by atoms with Crippen molar-refractivity contribution in [1.82, 2.24) is 15.3 Å². The number of rotatable bonds is 7. The summed E-state index contributed by atoms with van der Waals surface area (Å²) in [7, 11) is -3.19. The van der Waals surface area contributed by atoms with Crippen molar-refractivity contribution >= 4 is 26.8 Å². The van der Waals surface area contributed by atoms with E-state index in [0.29, 0.717) is 23.4 Å². The van der Waals surface area contributed by atoms with Crippen LogP contribution in [-0.2, 0) is 22.0 Å². The fourth-order valence-electron chi connectivity index (χ4n) is 3.55. The fourth-order valence-corrected chi connectivity index (χ4v) is 4.34. The van der Waals surface area contributed by atoms with E-state index in [1.165, 1.54) is 6.26 Å². The maximum atomic E-state index is 13.0. The fraction of sp³-hybridized carbons (Fsp3) is 0.167. The maximum Gasteiger partial charge on any atom is 0.251 e. The number of aromatic amines is 1. The molecule has 0 fully saturated rings. The van der Waals surface area contributed by atoms with Gasteiger partial charge in [0.1, 0.15) is 5.82 Å². The van der Waals surface area contributed by atoms with Crippen LogP contribution in [0.15, 0.2) is 78.9 Å². The van der Waals surface area contributed by atoms with E-state index in [2.05, 4.69) is 15.3 Å². The molecule has 7 heteroatoms. The first-order valence-corrected chi connectivity index (χ1v) is 12.0. The highest BCUT2D eigenvalue weighted by Gasteiger charge is 2.20. The Morgan fingerprint density at radius 2 is 1.68 bits per heavy atom. The molecule has 0 saturated heterocycles. The van der Waals surface area contributed by atoms with Crippen molar-refractivity contribution in [3.63, 3.8) is 0 Å². The van der Waals surface area contributed by atoms with Crippen molar-refractivity contribution in [2.45, 2.75) is 18.2 Å². The van der Waals surface area contributed by atoms with Gasteiger partial charge in [-0.05, 0) is 41.8 Å². The smallest absolute Gasteiger partial charge is 0.251 e. The molecule has 4 rings (SSSR count). The van der Waals surface area contributed by atoms with Crippen LogP contribution in [0.25, 0.3) is 11.0 Å². The van der Waals surface area contributed by atoms with Crippen LogP contribution in [0.3, 0.4) is 0 Å². The maximum absolute atomic E-state index is 13.0. The predicted molar refractivity (Wildman–Crippen MR) is 121 cm³/mol. The number of aromatic nitrogens is 2. The lowest BCUT2D eigenvalue weighted by atomic mass is 10.0. The lowest BCUT2D eigenvalue weighted by molar-refractivity contribution is 0.0934. The number of H-pyrrole nitrogens is 1. The van der Waals surface area contributed by atoms with Crippen LogP contribution in [0.1, 0.15) is 33.4 Å². The number of carbonyl (C=O) groups is 1. The SMILES string of the molecule is CS(=O)(=O)Cc1cccc(C(=O)N[C@@H](Cc2ccccc2)c2nc3ccccc3[nH]2)c1. The van der Waals surface area contributed by atoms with Crippen molar-refractivity contribution in [3.05, 3.63) is 101 Å². The Balaban J connectivity index is 1.62. The number of hydrogen-bond donors (Lipinski definition) is 2. The molecule has 3 aromatic carbocycles. The van der Waals surface area contributed by atoms with E-state index in [0.717, 1.165) is 16.6 Å². The molecule has 1 atom stereocenters. The van der Waals surface area contributed by atoms with Crippen molar-refractivity contribution in [3.8, 4) is 0 Å². The molecule has 6 nitrogen and oxygen atoms in total. The van der Waals surface area contributed by atoms with Gasteiger partial charge in [0.25, 0.3) is 5.91 Å². The highest BCUT2D eigenvalue weighted by molar-refractivity contribution is 7.89. The van der Waals surface area contributed by atoms with Crippen LogP contribution in [0.2, 0.25) is 0 Å². The third-order valence-corrected chi connectivity index (χ3v) is 5.80. The number of nitrogens with one attached hydrogen (secondary N) is 2. The molecule has 4 aromatic rings. The summed E-state index contributed by atoms with van der Waals surface area (Å²) >= 11 is 0. The Hall–Kier alpha value is -3.45. The second kappa shape index (κ2) is 8.73. The number of fused-ring (bicyclic) bond motifs is 1. The average Bonchev–Trinajstić information content (AvgIpc) is 3.17. The second-order valence-corrected chi connectivity index (χ2v) is 9.77. The van der Waals surface area contributed by atoms with Gasteiger partial charge in [-0.2, -0.15) is 0 Å². The predicted octanol–water partition coefficient (Wildman–Crippen LogP) is 3.82. The number of sulfone groups is 1. The summed E-state index contributed by atoms with van der Waals surface area (Å²) in [6, 6.07) is 23.9. The van der Waals surface area contributed by atoms with Gasteiger partial charge < -0.3 is 10.3 Å². The summed E-state index contributed by atoms with van der Waals surface area (Å²) in [6.45, 7) is 0. The molecule has 1 aromatic heterocycles. The summed E-state index contributed by atoms with van der Waals surface area (Å²) in [4.78, 5) is 21.0. The molecule has 0 radical (unpaired) electrons. The molecule has 31 heavy (non-hydrogen) atoms. The van der Waals surface area contributed by atoms with E-state index in [9.17, 15) is 13.2 Å². The van der Waals surface area contributed by atoms with Crippen molar-refractivity contribution in [2.24, 2.45) is 0 Å². The third kappa shape index (κ3) is 5.38. The zero-order chi connectivity index (χ0) is 21.8. The van der Waals surface area contributed by atoms with Crippen LogP contribution in [-0.4, -0.2) is 30.5 Å². The Labute approximate surface area is 181 Å². The van der Waals surface area contributed by atoms with Crippen molar-refractivity contribution in [2.75, 3.05) is 6.26 Å². The normalized spacial score (nSPS) is 12.5. The summed E-state index contributed by atoms with van der Waals surface area (Å²) in [5.41, 5.74) is 3.80. The quantitative estimate of drug-likeness (QED) is 0.463. The summed E-state index contributed by atoms with van der Waals surface area (Å²) < 4.78 is 23.2. The molecule has 1 amide bonds. The van der Waals surface area contributed by atoms with Crippen LogP contribution in [0.4, 0.5) is 0 Å². The number of hydrogen-bond acceptors (Lipinski definition) is 4. The molecule has 0 spiro atoms. The molecule has 1 heterocycles. The molecule has 0 bridgehead atoms. The molecule has 0 aliphatic carbocycles. The van der Waals surface area contributed by atoms with Gasteiger partial charge >= 0.3 is 0 Å². The number of imidazole rings is 1. The number of para-hydroxylation sites is 2. The van der Waals surface area contributed by atoms with Gasteiger partial charge in [0.2, 0.25) is 0 Å². The Morgan fingerprint density at radius 3 is 2.42 bits per heavy atom. The first kappa shape index (κ1) is 20.8. The van der Waals surface area contributed by atoms with Crippen LogP contribution >= 0.6 is 0 Å². The van der Waals surface area contributed by atoms with E-state index in [1.807, 2.05) is 54.6 Å². The Morgan fingerprint density at radius 1 is 0.968 bits per heavy atom. The summed E-state index contributed by atoms with van der Waals surface area (Å²) in [5.74, 6) is 0.285. The average molecular weight is 434 g/mol. The lowest BCUT2D eigenvalue weighted by Crippen LogP contribution is -2.30. The topological polar surface area (TPSA) is 91.9 Å². The number of benzene rings is 3. The largest absolute Gasteiger partial charge is 0.342 e. The van der Waals surface area contributed by atoms with Gasteiger partial charge in [-0.25, -0.2) is 13.4 Å². The zero-order valence-electron chi connectivity index (χ0n) is 17.1. The minimum atomic E-state index is -3.19. The zero-order valence-corrected chi connectivity index (χ0v) is 17.9. The van der Waals surface area contributed by atoms with Gasteiger partial charge in [-0.15, -0.1) is 0 Å². The molecule has 0 aliphatic heterocycles. The molecule has 0 aliphatic rings. The van der Waals surface area contributed by atoms with Gasteiger partial charge in [0.05, 0.1) is 22.8 Å². The molecule has 0 saturated carbocycles. The molecule has 2 N–H and O–H groups in total. The highest BCUT2D eigenvalue weighted by Crippen LogP contribution is 2.21. The van der Waals surface area contributed by atoms with Gasteiger partial charge in [0, 0.05) is 11.8 Å². The Bertz CT molecular complexity index is 1280. The summed E-state index contributed by atoms with van der Waals surface area (Å²) in [6.07, 6.45) is 1.74. The molecule has 158 valence electrons. The first-order valence-electron chi connectivity index (χ1n) is 9.93. The van der Waals surface area contributed by atoms with Gasteiger partial charge in [-0.1, -0.05) is 54.6 Å². The van der Waals surface area contributed by atoms with Crippen LogP contribution in [0.5, 0.6) is 0 Å². The van der Waals surface area contributed by atoms with Crippen molar-refractivity contribution in [1.29, 1.82) is 0 Å². The van der Waals surface area contributed by atoms with E-state index < -0.39 is 9.84 Å². The highest BCUT2D eigenvalue weighted by atomic mass is 32.2. The van der Waals surface area contributed by atoms with Gasteiger partial charge in [0.15, 0.2) is 9.84 Å². The minimum Gasteiger partial charge on any atom is -0.342 e. The third-order valence-electron chi connectivity index (χ3n) is 4.94. The standard InChI is InChI=1S/C24H23N3O3S/c1-31(29,30)16-18-10-7-11-19(14-18)24(28)27-22(15-17-8-3-2-4-9-17)23-25-20-12-5-6-13-21(20)26-23/h2-14,22H,15-16H2,1H3,(H,25,26)(H,27,28)/t22-/m0/s1. The Kier molecular flexibility index (Phi) is 5.86. The first-order chi connectivity index (χ1) is 14.9. The number of nitrogens with zero attached hydrogens (tertiary/aromatic N) is 1. The van der Waals surface area contributed by atoms with E-state index in [1.54, 1.807) is 24.3 Å². The van der Waals surface area contributed by atoms with E-state index >= 15 is 0 Å². The lowest BCUT2D eigenvalue weighted by Gasteiger charge is -2.17. The molecule has 0 unspecified atom stereocenters.